The molecule has 2 amide bonds. The normalized spacial score (nSPS) is 10.1. The maximum Gasteiger partial charge on any atom is 0.325 e. The third-order valence-electron chi connectivity index (χ3n) is 3.30. The minimum Gasteiger partial charge on any atom is -0.454 e. The lowest BCUT2D eigenvalue weighted by Crippen LogP contribution is -2.32. The molecule has 0 heterocycles. The Balaban J connectivity index is 1.74. The maximum atomic E-state index is 13.0. The van der Waals surface area contributed by atoms with Crippen molar-refractivity contribution < 1.29 is 23.5 Å². The number of rotatable bonds is 6. The lowest BCUT2D eigenvalue weighted by atomic mass is 10.2. The number of nitrogens with one attached hydrogen (secondary N) is 2. The molecule has 8 heteroatoms. The van der Waals surface area contributed by atoms with E-state index in [1.807, 2.05) is 6.92 Å². The van der Waals surface area contributed by atoms with Gasteiger partial charge in [0.25, 0.3) is 11.8 Å². The number of aryl methyl sites for hydroxylation is 1. The van der Waals surface area contributed by atoms with Gasteiger partial charge in [0.05, 0.1) is 0 Å². The fourth-order valence-corrected chi connectivity index (χ4v) is 2.13. The first-order chi connectivity index (χ1) is 12.3. The first-order valence-electron chi connectivity index (χ1n) is 7.60. The summed E-state index contributed by atoms with van der Waals surface area (Å²) in [6, 6.07) is 10.0. The number of ether oxygens (including phenoxy) is 1. The largest absolute Gasteiger partial charge is 0.454 e. The lowest BCUT2D eigenvalue weighted by molar-refractivity contribution is -0.146. The summed E-state index contributed by atoms with van der Waals surface area (Å²) in [6.07, 6.45) is 0. The van der Waals surface area contributed by atoms with Gasteiger partial charge in [-0.3, -0.25) is 14.4 Å². The first-order valence-corrected chi connectivity index (χ1v) is 7.98. The second-order valence-corrected chi connectivity index (χ2v) is 5.77. The molecule has 6 nitrogen and oxygen atoms in total. The van der Waals surface area contributed by atoms with Gasteiger partial charge >= 0.3 is 5.97 Å². The zero-order chi connectivity index (χ0) is 19.1. The molecule has 2 aromatic carbocycles. The molecule has 0 atom stereocenters. The van der Waals surface area contributed by atoms with Crippen molar-refractivity contribution in [2.24, 2.45) is 0 Å². The number of carbonyl (C=O) groups is 3. The molecule has 0 unspecified atom stereocenters. The van der Waals surface area contributed by atoms with Gasteiger partial charge < -0.3 is 15.4 Å². The molecule has 0 radical (unpaired) electrons. The van der Waals surface area contributed by atoms with Gasteiger partial charge in [0.2, 0.25) is 0 Å². The molecule has 0 fully saturated rings. The second kappa shape index (κ2) is 8.96. The zero-order valence-corrected chi connectivity index (χ0v) is 14.6. The first kappa shape index (κ1) is 19.4. The van der Waals surface area contributed by atoms with Gasteiger partial charge in [-0.15, -0.1) is 0 Å². The van der Waals surface area contributed by atoms with Crippen LogP contribution >= 0.6 is 11.6 Å². The Labute approximate surface area is 154 Å². The fourth-order valence-electron chi connectivity index (χ4n) is 1.95. The molecule has 0 saturated carbocycles. The van der Waals surface area contributed by atoms with E-state index in [4.69, 9.17) is 16.3 Å². The van der Waals surface area contributed by atoms with Crippen LogP contribution in [0.4, 0.5) is 10.1 Å². The number of amides is 2. The van der Waals surface area contributed by atoms with Crippen LogP contribution in [0.2, 0.25) is 5.02 Å². The number of hydrogen-bond acceptors (Lipinski definition) is 4. The van der Waals surface area contributed by atoms with Crippen LogP contribution in [0.3, 0.4) is 0 Å². The van der Waals surface area contributed by atoms with Gasteiger partial charge in [-0.1, -0.05) is 23.7 Å². The smallest absolute Gasteiger partial charge is 0.325 e. The van der Waals surface area contributed by atoms with Gasteiger partial charge in [-0.05, 0) is 42.8 Å². The van der Waals surface area contributed by atoms with Crippen molar-refractivity contribution in [1.82, 2.24) is 5.32 Å². The number of benzene rings is 2. The van der Waals surface area contributed by atoms with Crippen molar-refractivity contribution >= 4 is 35.1 Å². The summed E-state index contributed by atoms with van der Waals surface area (Å²) in [6.45, 7) is 0.868. The number of esters is 1. The molecule has 136 valence electrons. The molecule has 2 rings (SSSR count). The van der Waals surface area contributed by atoms with Gasteiger partial charge in [0.15, 0.2) is 6.61 Å². The summed E-state index contributed by atoms with van der Waals surface area (Å²) >= 11 is 5.96. The van der Waals surface area contributed by atoms with E-state index in [1.54, 1.807) is 18.2 Å². The molecule has 2 N–H and O–H groups in total. The average molecular weight is 379 g/mol. The van der Waals surface area contributed by atoms with Gasteiger partial charge in [0, 0.05) is 16.3 Å². The van der Waals surface area contributed by atoms with Gasteiger partial charge in [0.1, 0.15) is 12.4 Å². The summed E-state index contributed by atoms with van der Waals surface area (Å²) in [5.74, 6) is -2.53. The molecule has 2 aromatic rings. The fraction of sp³-hybridized carbons (Fsp3) is 0.167. The average Bonchev–Trinajstić information content (AvgIpc) is 2.61. The molecule has 0 aliphatic rings. The standard InChI is InChI=1S/C18H16ClFN2O4/c1-11-5-6-14(8-15(11)19)22-16(23)10-26-17(24)9-21-18(25)12-3-2-4-13(20)7-12/h2-8H,9-10H2,1H3,(H,21,25)(H,22,23). The maximum absolute atomic E-state index is 13.0. The summed E-state index contributed by atoms with van der Waals surface area (Å²) in [7, 11) is 0. The Bertz CT molecular complexity index is 842. The number of hydrogen-bond donors (Lipinski definition) is 2. The zero-order valence-electron chi connectivity index (χ0n) is 13.8. The van der Waals surface area contributed by atoms with Crippen LogP contribution in [0.15, 0.2) is 42.5 Å². The minimum atomic E-state index is -0.799. The lowest BCUT2D eigenvalue weighted by Gasteiger charge is -2.08. The number of carbonyl (C=O) groups excluding carboxylic acids is 3. The second-order valence-electron chi connectivity index (χ2n) is 5.37. The highest BCUT2D eigenvalue weighted by molar-refractivity contribution is 6.31. The molecule has 0 bridgehead atoms. The Morgan fingerprint density at radius 3 is 2.62 bits per heavy atom. The molecule has 26 heavy (non-hydrogen) atoms. The van der Waals surface area contributed by atoms with E-state index in [0.29, 0.717) is 10.7 Å². The summed E-state index contributed by atoms with van der Waals surface area (Å²) in [5.41, 5.74) is 1.41. The predicted molar refractivity (Wildman–Crippen MR) is 94.5 cm³/mol. The number of halogens is 2. The Kier molecular flexibility index (Phi) is 6.68. The highest BCUT2D eigenvalue weighted by Crippen LogP contribution is 2.19. The van der Waals surface area contributed by atoms with Crippen molar-refractivity contribution in [1.29, 1.82) is 0 Å². The van der Waals surface area contributed by atoms with Crippen molar-refractivity contribution in [2.75, 3.05) is 18.5 Å². The van der Waals surface area contributed by atoms with E-state index in [-0.39, 0.29) is 5.56 Å². The Morgan fingerprint density at radius 1 is 1.15 bits per heavy atom. The summed E-state index contributed by atoms with van der Waals surface area (Å²) in [4.78, 5) is 35.1. The van der Waals surface area contributed by atoms with Crippen LogP contribution < -0.4 is 10.6 Å². The summed E-state index contributed by atoms with van der Waals surface area (Å²) in [5, 5.41) is 5.32. The van der Waals surface area contributed by atoms with E-state index in [9.17, 15) is 18.8 Å². The Hall–Kier alpha value is -2.93. The van der Waals surface area contributed by atoms with E-state index in [1.165, 1.54) is 18.2 Å². The van der Waals surface area contributed by atoms with E-state index in [2.05, 4.69) is 10.6 Å². The van der Waals surface area contributed by atoms with Crippen LogP contribution in [-0.2, 0) is 14.3 Å². The van der Waals surface area contributed by atoms with Crippen molar-refractivity contribution in [2.45, 2.75) is 6.92 Å². The van der Waals surface area contributed by atoms with Crippen LogP contribution in [0, 0.1) is 12.7 Å². The highest BCUT2D eigenvalue weighted by atomic mass is 35.5. The van der Waals surface area contributed by atoms with E-state index >= 15 is 0 Å². The van der Waals surface area contributed by atoms with Gasteiger partial charge in [-0.2, -0.15) is 0 Å². The molecule has 0 saturated heterocycles. The highest BCUT2D eigenvalue weighted by Gasteiger charge is 2.11. The third kappa shape index (κ3) is 5.86. The summed E-state index contributed by atoms with van der Waals surface area (Å²) < 4.78 is 17.8. The molecule has 0 aliphatic heterocycles. The van der Waals surface area contributed by atoms with Crippen LogP contribution in [0.5, 0.6) is 0 Å². The SMILES string of the molecule is Cc1ccc(NC(=O)COC(=O)CNC(=O)c2cccc(F)c2)cc1Cl. The number of anilines is 1. The van der Waals surface area contributed by atoms with Crippen molar-refractivity contribution in [3.8, 4) is 0 Å². The molecule has 0 spiro atoms. The molecular formula is C18H16ClFN2O4. The van der Waals surface area contributed by atoms with Crippen LogP contribution in [0.25, 0.3) is 0 Å². The molecular weight excluding hydrogens is 363 g/mol. The van der Waals surface area contributed by atoms with Crippen molar-refractivity contribution in [3.63, 3.8) is 0 Å². The van der Waals surface area contributed by atoms with Crippen LogP contribution in [0.1, 0.15) is 15.9 Å². The van der Waals surface area contributed by atoms with Gasteiger partial charge in [-0.25, -0.2) is 4.39 Å². The van der Waals surface area contributed by atoms with Crippen LogP contribution in [-0.4, -0.2) is 30.9 Å². The van der Waals surface area contributed by atoms with E-state index in [0.717, 1.165) is 11.6 Å². The minimum absolute atomic E-state index is 0.0757. The molecule has 0 aromatic heterocycles. The van der Waals surface area contributed by atoms with Crippen molar-refractivity contribution in [3.05, 3.63) is 64.4 Å². The topological polar surface area (TPSA) is 84.5 Å². The Morgan fingerprint density at radius 2 is 1.92 bits per heavy atom. The monoisotopic (exact) mass is 378 g/mol. The third-order valence-corrected chi connectivity index (χ3v) is 3.71. The quantitative estimate of drug-likeness (QED) is 0.757. The molecule has 0 aliphatic carbocycles. The van der Waals surface area contributed by atoms with E-state index < -0.39 is 36.8 Å². The predicted octanol–water partition coefficient (Wildman–Crippen LogP) is 2.70.